The van der Waals surface area contributed by atoms with Gasteiger partial charge in [-0.15, -0.1) is 0 Å². The van der Waals surface area contributed by atoms with E-state index < -0.39 is 0 Å². The Morgan fingerprint density at radius 2 is 2.00 bits per heavy atom. The molecule has 0 saturated carbocycles. The second-order valence-corrected chi connectivity index (χ2v) is 5.02. The Hall–Kier alpha value is -2.29. The number of benzene rings is 1. The SMILES string of the molecule is CC(C)c1ccc2c(-c3ccccn3)c(O)[nH]c2c1. The molecule has 2 heterocycles. The molecular weight excluding hydrogens is 236 g/mol. The van der Waals surface area contributed by atoms with Crippen LogP contribution in [0, 0.1) is 0 Å². The lowest BCUT2D eigenvalue weighted by atomic mass is 10.0. The van der Waals surface area contributed by atoms with Gasteiger partial charge in [0.2, 0.25) is 0 Å². The Morgan fingerprint density at radius 1 is 1.16 bits per heavy atom. The van der Waals surface area contributed by atoms with Gasteiger partial charge in [0.05, 0.1) is 11.3 Å². The van der Waals surface area contributed by atoms with E-state index >= 15 is 0 Å². The third kappa shape index (κ3) is 1.97. The second kappa shape index (κ2) is 4.43. The Bertz CT molecular complexity index is 714. The number of aromatic hydroxyl groups is 1. The minimum absolute atomic E-state index is 0.176. The molecular formula is C16H16N2O. The standard InChI is InChI=1S/C16H16N2O/c1-10(2)11-6-7-12-14(9-11)18-16(19)15(12)13-5-3-4-8-17-13/h3-10,18-19H,1-2H3. The van der Waals surface area contributed by atoms with Crippen LogP contribution in [0.1, 0.15) is 25.3 Å². The average molecular weight is 252 g/mol. The highest BCUT2D eigenvalue weighted by Gasteiger charge is 2.14. The summed E-state index contributed by atoms with van der Waals surface area (Å²) in [4.78, 5) is 7.35. The molecule has 0 spiro atoms. The van der Waals surface area contributed by atoms with Crippen LogP contribution in [0.3, 0.4) is 0 Å². The van der Waals surface area contributed by atoms with Crippen LogP contribution in [0.15, 0.2) is 42.6 Å². The molecule has 19 heavy (non-hydrogen) atoms. The van der Waals surface area contributed by atoms with Crippen molar-refractivity contribution in [1.29, 1.82) is 0 Å². The molecule has 0 aliphatic heterocycles. The van der Waals surface area contributed by atoms with Crippen molar-refractivity contribution in [2.75, 3.05) is 0 Å². The highest BCUT2D eigenvalue weighted by atomic mass is 16.3. The first kappa shape index (κ1) is 11.8. The molecule has 96 valence electrons. The van der Waals surface area contributed by atoms with E-state index in [9.17, 15) is 5.11 Å². The van der Waals surface area contributed by atoms with E-state index in [1.807, 2.05) is 24.3 Å². The summed E-state index contributed by atoms with van der Waals surface area (Å²) >= 11 is 0. The summed E-state index contributed by atoms with van der Waals surface area (Å²) in [7, 11) is 0. The van der Waals surface area contributed by atoms with E-state index in [1.54, 1.807) is 6.20 Å². The third-order valence-electron chi connectivity index (χ3n) is 3.39. The summed E-state index contributed by atoms with van der Waals surface area (Å²) in [5.74, 6) is 0.641. The number of nitrogens with one attached hydrogen (secondary N) is 1. The van der Waals surface area contributed by atoms with E-state index in [0.717, 1.165) is 22.2 Å². The number of aromatic nitrogens is 2. The number of fused-ring (bicyclic) bond motifs is 1. The predicted molar refractivity (Wildman–Crippen MR) is 77.3 cm³/mol. The molecule has 3 heteroatoms. The van der Waals surface area contributed by atoms with Crippen LogP contribution in [0.2, 0.25) is 0 Å². The quantitative estimate of drug-likeness (QED) is 0.722. The molecule has 2 N–H and O–H groups in total. The number of nitrogens with zero attached hydrogens (tertiary/aromatic N) is 1. The molecule has 3 aromatic rings. The van der Waals surface area contributed by atoms with E-state index in [4.69, 9.17) is 0 Å². The van der Waals surface area contributed by atoms with Gasteiger partial charge in [0.25, 0.3) is 0 Å². The van der Waals surface area contributed by atoms with Crippen molar-refractivity contribution in [3.63, 3.8) is 0 Å². The largest absolute Gasteiger partial charge is 0.494 e. The number of H-pyrrole nitrogens is 1. The van der Waals surface area contributed by atoms with Gasteiger partial charge in [0.15, 0.2) is 5.88 Å². The molecule has 0 radical (unpaired) electrons. The van der Waals surface area contributed by atoms with Gasteiger partial charge in [-0.2, -0.15) is 0 Å². The predicted octanol–water partition coefficient (Wildman–Crippen LogP) is 4.06. The van der Waals surface area contributed by atoms with E-state index in [0.29, 0.717) is 5.92 Å². The van der Waals surface area contributed by atoms with E-state index in [1.165, 1.54) is 5.56 Å². The number of hydrogen-bond donors (Lipinski definition) is 2. The average Bonchev–Trinajstić information content (AvgIpc) is 2.74. The Morgan fingerprint density at radius 3 is 2.68 bits per heavy atom. The maximum atomic E-state index is 10.1. The topological polar surface area (TPSA) is 48.9 Å². The normalized spacial score (nSPS) is 11.3. The van der Waals surface area contributed by atoms with Crippen LogP contribution >= 0.6 is 0 Å². The van der Waals surface area contributed by atoms with Crippen molar-refractivity contribution in [2.45, 2.75) is 19.8 Å². The molecule has 0 amide bonds. The molecule has 3 rings (SSSR count). The van der Waals surface area contributed by atoms with Crippen molar-refractivity contribution in [2.24, 2.45) is 0 Å². The number of rotatable bonds is 2. The fourth-order valence-corrected chi connectivity index (χ4v) is 2.33. The van der Waals surface area contributed by atoms with Gasteiger partial charge in [0, 0.05) is 17.1 Å². The molecule has 0 atom stereocenters. The second-order valence-electron chi connectivity index (χ2n) is 5.02. The van der Waals surface area contributed by atoms with Gasteiger partial charge in [-0.25, -0.2) is 0 Å². The fourth-order valence-electron chi connectivity index (χ4n) is 2.33. The van der Waals surface area contributed by atoms with Gasteiger partial charge in [-0.3, -0.25) is 4.98 Å². The molecule has 0 aliphatic rings. The van der Waals surface area contributed by atoms with Crippen LogP contribution in [0.4, 0.5) is 0 Å². The smallest absolute Gasteiger partial charge is 0.199 e. The summed E-state index contributed by atoms with van der Waals surface area (Å²) in [6.07, 6.45) is 1.73. The van der Waals surface area contributed by atoms with Crippen molar-refractivity contribution in [3.8, 4) is 17.1 Å². The van der Waals surface area contributed by atoms with Crippen LogP contribution in [-0.4, -0.2) is 15.1 Å². The lowest BCUT2D eigenvalue weighted by Gasteiger charge is -2.05. The lowest BCUT2D eigenvalue weighted by Crippen LogP contribution is -1.86. The van der Waals surface area contributed by atoms with Crippen molar-refractivity contribution in [3.05, 3.63) is 48.2 Å². The molecule has 1 aromatic carbocycles. The zero-order valence-corrected chi connectivity index (χ0v) is 11.0. The minimum Gasteiger partial charge on any atom is -0.494 e. The maximum absolute atomic E-state index is 10.1. The van der Waals surface area contributed by atoms with Crippen LogP contribution in [0.25, 0.3) is 22.2 Å². The first-order chi connectivity index (χ1) is 9.16. The van der Waals surface area contributed by atoms with Gasteiger partial charge < -0.3 is 10.1 Å². The van der Waals surface area contributed by atoms with Crippen LogP contribution in [0.5, 0.6) is 5.88 Å². The summed E-state index contributed by atoms with van der Waals surface area (Å²) in [5, 5.41) is 11.1. The molecule has 2 aromatic heterocycles. The zero-order valence-electron chi connectivity index (χ0n) is 11.0. The summed E-state index contributed by atoms with van der Waals surface area (Å²) in [6, 6.07) is 11.9. The number of pyridine rings is 1. The summed E-state index contributed by atoms with van der Waals surface area (Å²) in [6.45, 7) is 4.31. The van der Waals surface area contributed by atoms with E-state index in [-0.39, 0.29) is 5.88 Å². The Balaban J connectivity index is 2.24. The van der Waals surface area contributed by atoms with Gasteiger partial charge in [-0.1, -0.05) is 32.0 Å². The highest BCUT2D eigenvalue weighted by molar-refractivity contribution is 5.98. The zero-order chi connectivity index (χ0) is 13.4. The van der Waals surface area contributed by atoms with E-state index in [2.05, 4.69) is 35.9 Å². The summed E-state index contributed by atoms with van der Waals surface area (Å²) < 4.78 is 0. The molecule has 0 fully saturated rings. The molecule has 3 nitrogen and oxygen atoms in total. The van der Waals surface area contributed by atoms with Crippen molar-refractivity contribution in [1.82, 2.24) is 9.97 Å². The minimum atomic E-state index is 0.176. The van der Waals surface area contributed by atoms with Gasteiger partial charge in [0.1, 0.15) is 0 Å². The van der Waals surface area contributed by atoms with Crippen LogP contribution < -0.4 is 0 Å². The Labute approximate surface area is 111 Å². The van der Waals surface area contributed by atoms with Crippen molar-refractivity contribution >= 4 is 10.9 Å². The molecule has 0 unspecified atom stereocenters. The monoisotopic (exact) mass is 252 g/mol. The number of hydrogen-bond acceptors (Lipinski definition) is 2. The maximum Gasteiger partial charge on any atom is 0.199 e. The van der Waals surface area contributed by atoms with Gasteiger partial charge >= 0.3 is 0 Å². The van der Waals surface area contributed by atoms with Crippen LogP contribution in [-0.2, 0) is 0 Å². The fraction of sp³-hybridized carbons (Fsp3) is 0.188. The third-order valence-corrected chi connectivity index (χ3v) is 3.39. The lowest BCUT2D eigenvalue weighted by molar-refractivity contribution is 0.460. The highest BCUT2D eigenvalue weighted by Crippen LogP contribution is 2.36. The first-order valence-corrected chi connectivity index (χ1v) is 6.43. The molecule has 0 bridgehead atoms. The number of aromatic amines is 1. The summed E-state index contributed by atoms with van der Waals surface area (Å²) in [5.41, 5.74) is 3.75. The molecule has 0 aliphatic carbocycles. The molecule has 0 saturated heterocycles. The first-order valence-electron chi connectivity index (χ1n) is 6.43. The van der Waals surface area contributed by atoms with Gasteiger partial charge in [-0.05, 0) is 29.7 Å². The Kier molecular flexibility index (Phi) is 2.75. The van der Waals surface area contributed by atoms with Crippen molar-refractivity contribution < 1.29 is 5.11 Å².